The highest BCUT2D eigenvalue weighted by molar-refractivity contribution is 7.09. The van der Waals surface area contributed by atoms with E-state index in [2.05, 4.69) is 50.2 Å². The van der Waals surface area contributed by atoms with E-state index in [1.54, 1.807) is 11.3 Å². The minimum Gasteiger partial charge on any atom is -0.394 e. The molecule has 0 spiro atoms. The molecule has 1 radical (unpaired) electrons. The van der Waals surface area contributed by atoms with Crippen LogP contribution in [0.25, 0.3) is 0 Å². The fraction of sp³-hybridized carbons (Fsp3) is 0.500. The lowest BCUT2D eigenvalue weighted by atomic mass is 9.55. The molecule has 0 saturated carbocycles. The summed E-state index contributed by atoms with van der Waals surface area (Å²) in [6.07, 6.45) is 5.86. The maximum Gasteiger partial charge on any atom is 0.140 e. The van der Waals surface area contributed by atoms with Gasteiger partial charge in [0.2, 0.25) is 0 Å². The van der Waals surface area contributed by atoms with E-state index < -0.39 is 0 Å². The van der Waals surface area contributed by atoms with Crippen LogP contribution in [0.15, 0.2) is 41.9 Å². The zero-order valence-corrected chi connectivity index (χ0v) is 12.6. The van der Waals surface area contributed by atoms with Gasteiger partial charge in [-0.25, -0.2) is 0 Å². The van der Waals surface area contributed by atoms with Gasteiger partial charge in [0.05, 0.1) is 0 Å². The molecular formula is C16H23BNS. The average Bonchev–Trinajstić information content (AvgIpc) is 2.83. The summed E-state index contributed by atoms with van der Waals surface area (Å²) in [5, 5.41) is 5.69. The Labute approximate surface area is 122 Å². The summed E-state index contributed by atoms with van der Waals surface area (Å²) in [5.41, 5.74) is 2.45. The Bertz CT molecular complexity index is 416. The van der Waals surface area contributed by atoms with Crippen molar-refractivity contribution < 1.29 is 0 Å². The molecule has 1 saturated heterocycles. The molecule has 1 fully saturated rings. The lowest BCUT2D eigenvalue weighted by Gasteiger charge is -2.30. The first-order chi connectivity index (χ1) is 9.13. The summed E-state index contributed by atoms with van der Waals surface area (Å²) in [7, 11) is 2.43. The summed E-state index contributed by atoms with van der Waals surface area (Å²) < 4.78 is 0. The van der Waals surface area contributed by atoms with Crippen LogP contribution in [0.3, 0.4) is 0 Å². The van der Waals surface area contributed by atoms with Gasteiger partial charge in [-0.15, -0.1) is 17.9 Å². The minimum absolute atomic E-state index is 0.508. The maximum absolute atomic E-state index is 4.15. The van der Waals surface area contributed by atoms with Crippen molar-refractivity contribution in [1.82, 2.24) is 5.32 Å². The van der Waals surface area contributed by atoms with Crippen molar-refractivity contribution in [3.8, 4) is 0 Å². The van der Waals surface area contributed by atoms with Crippen LogP contribution in [0, 0.1) is 5.92 Å². The highest BCUT2D eigenvalue weighted by Gasteiger charge is 2.22. The van der Waals surface area contributed by atoms with Crippen molar-refractivity contribution >= 4 is 18.6 Å². The van der Waals surface area contributed by atoms with Gasteiger partial charge in [0.25, 0.3) is 0 Å². The molecule has 0 bridgehead atoms. The van der Waals surface area contributed by atoms with E-state index in [0.29, 0.717) is 5.94 Å². The molecule has 0 aliphatic carbocycles. The smallest absolute Gasteiger partial charge is 0.140 e. The van der Waals surface area contributed by atoms with Crippen LogP contribution < -0.4 is 5.32 Å². The molecule has 1 aliphatic rings. The fourth-order valence-electron chi connectivity index (χ4n) is 2.75. The molecule has 1 aliphatic heterocycles. The molecule has 3 heteroatoms. The van der Waals surface area contributed by atoms with Crippen LogP contribution in [-0.4, -0.2) is 13.2 Å². The number of allylic oxidation sites excluding steroid dienone is 2. The second kappa shape index (κ2) is 7.00. The summed E-state index contributed by atoms with van der Waals surface area (Å²) in [6.45, 7) is 10.3. The van der Waals surface area contributed by atoms with Gasteiger partial charge in [0.1, 0.15) is 7.28 Å². The van der Waals surface area contributed by atoms with Gasteiger partial charge in [0, 0.05) is 17.0 Å². The number of hydrogen-bond acceptors (Lipinski definition) is 2. The molecule has 2 unspecified atom stereocenters. The highest BCUT2D eigenvalue weighted by Crippen LogP contribution is 2.26. The molecule has 2 heterocycles. The molecule has 2 rings (SSSR count). The predicted octanol–water partition coefficient (Wildman–Crippen LogP) is 4.22. The second-order valence-electron chi connectivity index (χ2n) is 5.69. The van der Waals surface area contributed by atoms with Crippen molar-refractivity contribution in [2.75, 3.05) is 0 Å². The Morgan fingerprint density at radius 1 is 1.47 bits per heavy atom. The normalized spacial score (nSPS) is 22.6. The van der Waals surface area contributed by atoms with Crippen LogP contribution in [0.4, 0.5) is 0 Å². The summed E-state index contributed by atoms with van der Waals surface area (Å²) in [6, 6.07) is 4.27. The highest BCUT2D eigenvalue weighted by atomic mass is 32.1. The Morgan fingerprint density at radius 3 is 2.89 bits per heavy atom. The van der Waals surface area contributed by atoms with Crippen molar-refractivity contribution in [2.45, 2.75) is 44.9 Å². The Morgan fingerprint density at radius 2 is 2.32 bits per heavy atom. The summed E-state index contributed by atoms with van der Waals surface area (Å²) in [4.78, 5) is 1.38. The molecule has 1 aromatic heterocycles. The Balaban J connectivity index is 1.70. The second-order valence-corrected chi connectivity index (χ2v) is 6.72. The number of rotatable bonds is 6. The Kier molecular flexibility index (Phi) is 5.32. The van der Waals surface area contributed by atoms with Crippen LogP contribution in [-0.2, 0) is 6.42 Å². The number of nitrogens with one attached hydrogen (secondary N) is 1. The van der Waals surface area contributed by atoms with Gasteiger partial charge in [-0.2, -0.15) is 0 Å². The lowest BCUT2D eigenvalue weighted by molar-refractivity contribution is 0.452. The molecule has 2 atom stereocenters. The van der Waals surface area contributed by atoms with E-state index in [1.807, 2.05) is 0 Å². The zero-order chi connectivity index (χ0) is 13.7. The summed E-state index contributed by atoms with van der Waals surface area (Å²) in [5.74, 6) is 1.31. The molecule has 1 aromatic rings. The van der Waals surface area contributed by atoms with E-state index in [9.17, 15) is 0 Å². The first-order valence-electron chi connectivity index (χ1n) is 7.08. The third kappa shape index (κ3) is 4.91. The van der Waals surface area contributed by atoms with Crippen LogP contribution in [0.2, 0.25) is 6.32 Å². The number of thiophene rings is 1. The van der Waals surface area contributed by atoms with E-state index in [-0.39, 0.29) is 0 Å². The van der Waals surface area contributed by atoms with Gasteiger partial charge in [-0.3, -0.25) is 0 Å². The van der Waals surface area contributed by atoms with Crippen molar-refractivity contribution in [2.24, 2.45) is 5.92 Å². The fourth-order valence-corrected chi connectivity index (χ4v) is 3.50. The maximum atomic E-state index is 4.15. The van der Waals surface area contributed by atoms with Crippen LogP contribution in [0.1, 0.15) is 31.1 Å². The van der Waals surface area contributed by atoms with E-state index in [0.717, 1.165) is 18.0 Å². The topological polar surface area (TPSA) is 12.0 Å². The molecule has 101 valence electrons. The first-order valence-corrected chi connectivity index (χ1v) is 7.96. The van der Waals surface area contributed by atoms with Gasteiger partial charge >= 0.3 is 0 Å². The first kappa shape index (κ1) is 14.5. The predicted molar refractivity (Wildman–Crippen MR) is 86.8 cm³/mol. The van der Waals surface area contributed by atoms with Crippen molar-refractivity contribution in [1.29, 1.82) is 0 Å². The third-order valence-electron chi connectivity index (χ3n) is 3.63. The van der Waals surface area contributed by atoms with Crippen LogP contribution >= 0.6 is 11.3 Å². The molecule has 0 amide bonds. The Hall–Kier alpha value is -0.955. The van der Waals surface area contributed by atoms with E-state index in [1.165, 1.54) is 36.0 Å². The van der Waals surface area contributed by atoms with E-state index in [4.69, 9.17) is 0 Å². The largest absolute Gasteiger partial charge is 0.394 e. The molecule has 1 N–H and O–H groups in total. The standard InChI is InChI=1S/C16H23BNS/c1-12(2)9-14-6-7-16(17-11-14)18-13(3)10-15-5-4-8-19-15/h4-5,8,14,16,18H,1,3,6-7,9-11H2,2H3. The SMILES string of the molecule is C=C(C)CC1C[B]C(NC(=C)Cc2cccs2)CC1. The van der Waals surface area contributed by atoms with Crippen LogP contribution in [0.5, 0.6) is 0 Å². The number of hydrogen-bond donors (Lipinski definition) is 1. The molecule has 19 heavy (non-hydrogen) atoms. The van der Waals surface area contributed by atoms with Gasteiger partial charge in [-0.05, 0) is 49.5 Å². The zero-order valence-electron chi connectivity index (χ0n) is 11.8. The lowest BCUT2D eigenvalue weighted by Crippen LogP contribution is -2.38. The van der Waals surface area contributed by atoms with E-state index >= 15 is 0 Å². The van der Waals surface area contributed by atoms with Gasteiger partial charge in [0.15, 0.2) is 0 Å². The average molecular weight is 272 g/mol. The molecular weight excluding hydrogens is 249 g/mol. The summed E-state index contributed by atoms with van der Waals surface area (Å²) >= 11 is 1.80. The van der Waals surface area contributed by atoms with Crippen molar-refractivity contribution in [3.05, 3.63) is 46.8 Å². The quantitative estimate of drug-likeness (QED) is 0.604. The van der Waals surface area contributed by atoms with Crippen molar-refractivity contribution in [3.63, 3.8) is 0 Å². The minimum atomic E-state index is 0.508. The molecule has 0 aromatic carbocycles. The third-order valence-corrected chi connectivity index (χ3v) is 4.51. The van der Waals surface area contributed by atoms with Gasteiger partial charge < -0.3 is 5.32 Å². The van der Waals surface area contributed by atoms with Gasteiger partial charge in [-0.1, -0.05) is 24.5 Å². The molecule has 1 nitrogen and oxygen atoms in total. The monoisotopic (exact) mass is 272 g/mol.